The summed E-state index contributed by atoms with van der Waals surface area (Å²) in [7, 11) is 0. The first-order valence-electron chi connectivity index (χ1n) is 9.50. The number of hydrogen-bond donors (Lipinski definition) is 0. The van der Waals surface area contributed by atoms with Crippen LogP contribution in [0.1, 0.15) is 30.3 Å². The van der Waals surface area contributed by atoms with Crippen molar-refractivity contribution in [1.82, 2.24) is 0 Å². The molecule has 4 aliphatic rings. The van der Waals surface area contributed by atoms with Gasteiger partial charge in [0.25, 0.3) is 0 Å². The minimum Gasteiger partial charge on any atom is -0.454 e. The molecule has 144 valence electrons. The first-order chi connectivity index (χ1) is 13.8. The highest BCUT2D eigenvalue weighted by molar-refractivity contribution is 5.48. The van der Waals surface area contributed by atoms with E-state index in [-0.39, 0.29) is 37.3 Å². The third kappa shape index (κ3) is 2.28. The summed E-state index contributed by atoms with van der Waals surface area (Å²) in [5.74, 6) is 3.21. The van der Waals surface area contributed by atoms with Crippen LogP contribution >= 0.6 is 0 Å². The highest BCUT2D eigenvalue weighted by Crippen LogP contribution is 2.63. The summed E-state index contributed by atoms with van der Waals surface area (Å²) in [5, 5.41) is 0. The maximum atomic E-state index is 6.29. The average molecular weight is 380 g/mol. The molecule has 0 aliphatic carbocycles. The van der Waals surface area contributed by atoms with Gasteiger partial charge in [0.15, 0.2) is 23.0 Å². The van der Waals surface area contributed by atoms with Gasteiger partial charge in [0.2, 0.25) is 13.6 Å². The molecule has 2 fully saturated rings. The predicted molar refractivity (Wildman–Crippen MR) is 98.7 cm³/mol. The van der Waals surface area contributed by atoms with E-state index in [2.05, 4.69) is 12.2 Å². The minimum atomic E-state index is -0.360. The zero-order valence-electron chi connectivity index (χ0n) is 15.4. The standard InChI is InChI=1S/C22H20O6/c1-2-3-15-20(13-4-6-16-18(8-13)26-11-24-16)23-10-22(15)21(28-22)14-5-7-17-19(9-14)27-12-25-17/h2-9,15,20-21H,10-12H2,1H3/b3-2+/t15-,20-,21-,22-/m1/s1. The summed E-state index contributed by atoms with van der Waals surface area (Å²) in [6, 6.07) is 12.0. The van der Waals surface area contributed by atoms with Crippen LogP contribution in [-0.4, -0.2) is 25.8 Å². The van der Waals surface area contributed by atoms with Gasteiger partial charge in [0, 0.05) is 5.92 Å². The average Bonchev–Trinajstić information content (AvgIpc) is 3.08. The Morgan fingerprint density at radius 2 is 1.50 bits per heavy atom. The smallest absolute Gasteiger partial charge is 0.231 e. The normalized spacial score (nSPS) is 31.8. The Morgan fingerprint density at radius 3 is 2.21 bits per heavy atom. The van der Waals surface area contributed by atoms with Crippen molar-refractivity contribution in [2.75, 3.05) is 20.2 Å². The Bertz CT molecular complexity index is 969. The third-order valence-electron chi connectivity index (χ3n) is 5.93. The van der Waals surface area contributed by atoms with Crippen molar-refractivity contribution in [3.8, 4) is 23.0 Å². The molecule has 28 heavy (non-hydrogen) atoms. The second-order valence-electron chi connectivity index (χ2n) is 7.46. The number of allylic oxidation sites excluding steroid dienone is 1. The topological polar surface area (TPSA) is 58.7 Å². The molecule has 6 rings (SSSR count). The number of benzene rings is 2. The van der Waals surface area contributed by atoms with Crippen LogP contribution in [0.4, 0.5) is 0 Å². The molecular formula is C22H20O6. The highest BCUT2D eigenvalue weighted by atomic mass is 16.7. The summed E-state index contributed by atoms with van der Waals surface area (Å²) >= 11 is 0. The molecule has 0 bridgehead atoms. The van der Waals surface area contributed by atoms with Gasteiger partial charge in [0.1, 0.15) is 11.7 Å². The predicted octanol–water partition coefficient (Wildman–Crippen LogP) is 3.92. The molecule has 0 saturated carbocycles. The van der Waals surface area contributed by atoms with Crippen molar-refractivity contribution in [2.24, 2.45) is 5.92 Å². The van der Waals surface area contributed by atoms with Crippen LogP contribution < -0.4 is 18.9 Å². The van der Waals surface area contributed by atoms with Gasteiger partial charge in [-0.15, -0.1) is 0 Å². The zero-order chi connectivity index (χ0) is 18.7. The van der Waals surface area contributed by atoms with Crippen molar-refractivity contribution in [1.29, 1.82) is 0 Å². The Hall–Kier alpha value is -2.70. The van der Waals surface area contributed by atoms with E-state index >= 15 is 0 Å². The molecule has 0 radical (unpaired) electrons. The number of rotatable bonds is 3. The fourth-order valence-electron chi connectivity index (χ4n) is 4.52. The molecule has 6 heteroatoms. The van der Waals surface area contributed by atoms with E-state index in [0.717, 1.165) is 34.1 Å². The molecule has 2 aromatic rings. The molecule has 0 N–H and O–H groups in total. The van der Waals surface area contributed by atoms with E-state index in [0.29, 0.717) is 6.61 Å². The van der Waals surface area contributed by atoms with Gasteiger partial charge in [-0.2, -0.15) is 0 Å². The van der Waals surface area contributed by atoms with Gasteiger partial charge >= 0.3 is 0 Å². The number of ether oxygens (including phenoxy) is 6. The largest absolute Gasteiger partial charge is 0.454 e. The lowest BCUT2D eigenvalue weighted by Crippen LogP contribution is -2.23. The maximum Gasteiger partial charge on any atom is 0.231 e. The zero-order valence-corrected chi connectivity index (χ0v) is 15.4. The van der Waals surface area contributed by atoms with Crippen molar-refractivity contribution >= 4 is 0 Å². The van der Waals surface area contributed by atoms with Crippen LogP contribution in [0.5, 0.6) is 23.0 Å². The SMILES string of the molecule is C/C=C/[C@@H]1[C@@H](c2ccc3c(c2)OCO3)OC[C@@]12O[C@@H]2c1ccc2c(c1)OCO2. The van der Waals surface area contributed by atoms with Crippen LogP contribution in [0, 0.1) is 5.92 Å². The monoisotopic (exact) mass is 380 g/mol. The third-order valence-corrected chi connectivity index (χ3v) is 5.93. The van der Waals surface area contributed by atoms with Gasteiger partial charge in [-0.25, -0.2) is 0 Å². The van der Waals surface area contributed by atoms with Crippen molar-refractivity contribution < 1.29 is 28.4 Å². The molecule has 1 spiro atoms. The van der Waals surface area contributed by atoms with Crippen LogP contribution in [0.25, 0.3) is 0 Å². The molecule has 2 saturated heterocycles. The summed E-state index contributed by atoms with van der Waals surface area (Å²) in [6.45, 7) is 3.11. The number of fused-ring (bicyclic) bond motifs is 2. The summed E-state index contributed by atoms with van der Waals surface area (Å²) in [4.78, 5) is 0. The number of hydrogen-bond acceptors (Lipinski definition) is 6. The summed E-state index contributed by atoms with van der Waals surface area (Å²) in [6.07, 6.45) is 4.14. The Balaban J connectivity index is 1.31. The van der Waals surface area contributed by atoms with Crippen LogP contribution in [0.15, 0.2) is 48.6 Å². The van der Waals surface area contributed by atoms with Crippen molar-refractivity contribution in [3.05, 3.63) is 59.7 Å². The van der Waals surface area contributed by atoms with Crippen molar-refractivity contribution in [3.63, 3.8) is 0 Å². The van der Waals surface area contributed by atoms with Gasteiger partial charge in [-0.3, -0.25) is 0 Å². The van der Waals surface area contributed by atoms with E-state index in [4.69, 9.17) is 28.4 Å². The Labute approximate surface area is 162 Å². The van der Waals surface area contributed by atoms with E-state index in [1.807, 2.05) is 43.3 Å². The van der Waals surface area contributed by atoms with E-state index < -0.39 is 0 Å². The fraction of sp³-hybridized carbons (Fsp3) is 0.364. The van der Waals surface area contributed by atoms with Crippen molar-refractivity contribution in [2.45, 2.75) is 24.7 Å². The highest BCUT2D eigenvalue weighted by Gasteiger charge is 2.67. The maximum absolute atomic E-state index is 6.29. The summed E-state index contributed by atoms with van der Waals surface area (Å²) < 4.78 is 34.5. The Morgan fingerprint density at radius 1 is 0.857 bits per heavy atom. The molecule has 2 aromatic carbocycles. The Kier molecular flexibility index (Phi) is 3.43. The van der Waals surface area contributed by atoms with E-state index in [1.54, 1.807) is 0 Å². The lowest BCUT2D eigenvalue weighted by atomic mass is 9.83. The van der Waals surface area contributed by atoms with Crippen LogP contribution in [-0.2, 0) is 9.47 Å². The first-order valence-corrected chi connectivity index (χ1v) is 9.50. The van der Waals surface area contributed by atoms with Gasteiger partial charge in [0.05, 0.1) is 12.7 Å². The minimum absolute atomic E-state index is 0.0257. The number of epoxide rings is 1. The molecule has 4 heterocycles. The van der Waals surface area contributed by atoms with E-state index in [9.17, 15) is 0 Å². The molecule has 6 nitrogen and oxygen atoms in total. The second kappa shape index (κ2) is 5.90. The van der Waals surface area contributed by atoms with Gasteiger partial charge in [-0.1, -0.05) is 24.3 Å². The molecule has 4 atom stereocenters. The lowest BCUT2D eigenvalue weighted by Gasteiger charge is -2.18. The van der Waals surface area contributed by atoms with Gasteiger partial charge in [-0.05, 0) is 42.3 Å². The lowest BCUT2D eigenvalue weighted by molar-refractivity contribution is 0.0957. The summed E-state index contributed by atoms with van der Waals surface area (Å²) in [5.41, 5.74) is 1.80. The van der Waals surface area contributed by atoms with Gasteiger partial charge < -0.3 is 28.4 Å². The fourth-order valence-corrected chi connectivity index (χ4v) is 4.52. The first kappa shape index (κ1) is 16.3. The van der Waals surface area contributed by atoms with Crippen LogP contribution in [0.2, 0.25) is 0 Å². The molecule has 0 unspecified atom stereocenters. The quantitative estimate of drug-likeness (QED) is 0.594. The molecule has 0 aromatic heterocycles. The van der Waals surface area contributed by atoms with Crippen LogP contribution in [0.3, 0.4) is 0 Å². The van der Waals surface area contributed by atoms with E-state index in [1.165, 1.54) is 0 Å². The molecule has 4 aliphatic heterocycles. The second-order valence-corrected chi connectivity index (χ2v) is 7.46. The molecular weight excluding hydrogens is 360 g/mol. The molecule has 0 amide bonds.